The van der Waals surface area contributed by atoms with Gasteiger partial charge in [0.05, 0.1) is 25.9 Å². The first kappa shape index (κ1) is 13.7. The number of piperazine rings is 1. The molecule has 1 unspecified atom stereocenters. The fourth-order valence-corrected chi connectivity index (χ4v) is 2.38. The van der Waals surface area contributed by atoms with Crippen LogP contribution in [0.2, 0.25) is 0 Å². The molecular weight excluding hydrogens is 234 g/mol. The molecule has 0 aliphatic carbocycles. The third kappa shape index (κ3) is 3.65. The zero-order valence-corrected chi connectivity index (χ0v) is 11.0. The molecule has 2 rings (SSSR count). The van der Waals surface area contributed by atoms with E-state index in [-0.39, 0.29) is 18.6 Å². The Labute approximate surface area is 108 Å². The number of carbonyl (C=O) groups excluding carboxylic acids is 1. The highest BCUT2D eigenvalue weighted by Gasteiger charge is 2.25. The van der Waals surface area contributed by atoms with Crippen LogP contribution >= 0.6 is 0 Å². The molecule has 1 N–H and O–H groups in total. The first-order valence-corrected chi connectivity index (χ1v) is 6.60. The average molecular weight is 257 g/mol. The lowest BCUT2D eigenvalue weighted by molar-refractivity contribution is -0.136. The molecule has 0 aromatic rings. The van der Waals surface area contributed by atoms with E-state index in [2.05, 4.69) is 16.8 Å². The number of hydrogen-bond donors (Lipinski definition) is 1. The molecule has 1 amide bonds. The summed E-state index contributed by atoms with van der Waals surface area (Å²) in [6, 6.07) is 0. The number of morpholine rings is 1. The van der Waals surface area contributed by atoms with Gasteiger partial charge in [-0.15, -0.1) is 0 Å². The molecule has 0 spiro atoms. The van der Waals surface area contributed by atoms with Crippen molar-refractivity contribution in [3.05, 3.63) is 0 Å². The quantitative estimate of drug-likeness (QED) is 0.664. The fourth-order valence-electron chi connectivity index (χ4n) is 2.38. The lowest BCUT2D eigenvalue weighted by Crippen LogP contribution is -2.52. The molecule has 0 aromatic carbocycles. The molecule has 2 aliphatic heterocycles. The maximum atomic E-state index is 12.1. The molecule has 0 bridgehead atoms. The zero-order chi connectivity index (χ0) is 13.0. The smallest absolute Gasteiger partial charge is 0.236 e. The topological polar surface area (TPSA) is 56.2 Å². The van der Waals surface area contributed by atoms with Crippen LogP contribution in [0.4, 0.5) is 0 Å². The first-order valence-electron chi connectivity index (χ1n) is 6.60. The number of hydrogen-bond acceptors (Lipinski definition) is 5. The molecular formula is C12H23N3O3. The molecule has 2 fully saturated rings. The van der Waals surface area contributed by atoms with Gasteiger partial charge in [0.2, 0.25) is 5.91 Å². The number of rotatable bonds is 3. The van der Waals surface area contributed by atoms with Gasteiger partial charge >= 0.3 is 0 Å². The Kier molecular flexibility index (Phi) is 4.94. The number of likely N-dealkylation sites (N-methyl/N-ethyl adjacent to an activating group) is 1. The van der Waals surface area contributed by atoms with Gasteiger partial charge in [0.1, 0.15) is 0 Å². The van der Waals surface area contributed by atoms with Gasteiger partial charge in [-0.25, -0.2) is 0 Å². The summed E-state index contributed by atoms with van der Waals surface area (Å²) in [5.74, 6) is 0.196. The van der Waals surface area contributed by atoms with E-state index in [0.29, 0.717) is 19.7 Å². The Hall–Kier alpha value is -0.690. The van der Waals surface area contributed by atoms with Crippen LogP contribution in [0.25, 0.3) is 0 Å². The van der Waals surface area contributed by atoms with Gasteiger partial charge < -0.3 is 19.6 Å². The van der Waals surface area contributed by atoms with Gasteiger partial charge in [-0.3, -0.25) is 9.69 Å². The number of ether oxygens (including phenoxy) is 1. The number of nitrogens with zero attached hydrogens (tertiary/aromatic N) is 3. The van der Waals surface area contributed by atoms with Crippen molar-refractivity contribution in [1.29, 1.82) is 0 Å². The minimum absolute atomic E-state index is 0.0270. The van der Waals surface area contributed by atoms with Crippen molar-refractivity contribution in [3.8, 4) is 0 Å². The van der Waals surface area contributed by atoms with Gasteiger partial charge in [0.25, 0.3) is 0 Å². The third-order valence-electron chi connectivity index (χ3n) is 3.64. The average Bonchev–Trinajstić information content (AvgIpc) is 2.39. The Balaban J connectivity index is 1.76. The number of aliphatic hydroxyl groups excluding tert-OH is 1. The summed E-state index contributed by atoms with van der Waals surface area (Å²) in [6.07, 6.45) is -0.140. The van der Waals surface area contributed by atoms with Crippen LogP contribution in [0.15, 0.2) is 0 Å². The van der Waals surface area contributed by atoms with Crippen molar-refractivity contribution in [2.45, 2.75) is 6.10 Å². The minimum Gasteiger partial charge on any atom is -0.394 e. The molecule has 6 nitrogen and oxygen atoms in total. The van der Waals surface area contributed by atoms with Crippen LogP contribution in [-0.2, 0) is 9.53 Å². The summed E-state index contributed by atoms with van der Waals surface area (Å²) < 4.78 is 5.38. The lowest BCUT2D eigenvalue weighted by atomic mass is 10.2. The van der Waals surface area contributed by atoms with E-state index < -0.39 is 0 Å². The summed E-state index contributed by atoms with van der Waals surface area (Å²) in [4.78, 5) is 18.4. The predicted molar refractivity (Wildman–Crippen MR) is 67.3 cm³/mol. The lowest BCUT2D eigenvalue weighted by Gasteiger charge is -2.36. The van der Waals surface area contributed by atoms with E-state index in [0.717, 1.165) is 32.7 Å². The molecule has 18 heavy (non-hydrogen) atoms. The van der Waals surface area contributed by atoms with Gasteiger partial charge in [-0.1, -0.05) is 0 Å². The number of amides is 1. The Bertz CT molecular complexity index is 280. The van der Waals surface area contributed by atoms with Crippen molar-refractivity contribution < 1.29 is 14.6 Å². The number of aliphatic hydroxyl groups is 1. The second kappa shape index (κ2) is 6.47. The Morgan fingerprint density at radius 1 is 1.28 bits per heavy atom. The standard InChI is InChI=1S/C12H23N3O3/c1-13-2-4-15(5-3-13)12(17)9-14-6-7-18-11(8-14)10-16/h11,16H,2-10H2,1H3. The fraction of sp³-hybridized carbons (Fsp3) is 0.917. The van der Waals surface area contributed by atoms with Crippen molar-refractivity contribution in [1.82, 2.24) is 14.7 Å². The molecule has 104 valence electrons. The normalized spacial score (nSPS) is 27.4. The molecule has 2 heterocycles. The van der Waals surface area contributed by atoms with Crippen molar-refractivity contribution >= 4 is 5.91 Å². The van der Waals surface area contributed by atoms with Crippen LogP contribution < -0.4 is 0 Å². The van der Waals surface area contributed by atoms with Crippen LogP contribution in [0, 0.1) is 0 Å². The monoisotopic (exact) mass is 257 g/mol. The van der Waals surface area contributed by atoms with Crippen LogP contribution in [0.1, 0.15) is 0 Å². The van der Waals surface area contributed by atoms with Crippen molar-refractivity contribution in [2.24, 2.45) is 0 Å². The van der Waals surface area contributed by atoms with Gasteiger partial charge in [-0.2, -0.15) is 0 Å². The van der Waals surface area contributed by atoms with Crippen LogP contribution in [-0.4, -0.2) is 97.9 Å². The molecule has 2 aliphatic rings. The maximum absolute atomic E-state index is 12.1. The first-order chi connectivity index (χ1) is 8.69. The Morgan fingerprint density at radius 3 is 2.67 bits per heavy atom. The SMILES string of the molecule is CN1CCN(C(=O)CN2CCOC(CO)C2)CC1. The summed E-state index contributed by atoms with van der Waals surface area (Å²) in [6.45, 7) is 6.05. The van der Waals surface area contributed by atoms with Crippen molar-refractivity contribution in [3.63, 3.8) is 0 Å². The van der Waals surface area contributed by atoms with Gasteiger partial charge in [0, 0.05) is 39.3 Å². The van der Waals surface area contributed by atoms with Gasteiger partial charge in [0.15, 0.2) is 0 Å². The molecule has 2 saturated heterocycles. The highest BCUT2D eigenvalue weighted by molar-refractivity contribution is 5.78. The summed E-state index contributed by atoms with van der Waals surface area (Å²) >= 11 is 0. The second-order valence-electron chi connectivity index (χ2n) is 5.09. The summed E-state index contributed by atoms with van der Waals surface area (Å²) in [5.41, 5.74) is 0. The highest BCUT2D eigenvalue weighted by atomic mass is 16.5. The predicted octanol–water partition coefficient (Wildman–Crippen LogP) is -1.55. The van der Waals surface area contributed by atoms with E-state index >= 15 is 0 Å². The minimum atomic E-state index is -0.140. The van der Waals surface area contributed by atoms with E-state index in [1.54, 1.807) is 0 Å². The molecule has 1 atom stereocenters. The van der Waals surface area contributed by atoms with E-state index in [4.69, 9.17) is 9.84 Å². The molecule has 6 heteroatoms. The van der Waals surface area contributed by atoms with Gasteiger partial charge in [-0.05, 0) is 7.05 Å². The molecule has 0 saturated carbocycles. The third-order valence-corrected chi connectivity index (χ3v) is 3.64. The largest absolute Gasteiger partial charge is 0.394 e. The van der Waals surface area contributed by atoms with E-state index in [1.165, 1.54) is 0 Å². The maximum Gasteiger partial charge on any atom is 0.236 e. The van der Waals surface area contributed by atoms with Crippen molar-refractivity contribution in [2.75, 3.05) is 66.1 Å². The van der Waals surface area contributed by atoms with Crippen LogP contribution in [0.3, 0.4) is 0 Å². The van der Waals surface area contributed by atoms with E-state index in [9.17, 15) is 4.79 Å². The van der Waals surface area contributed by atoms with Crippen LogP contribution in [0.5, 0.6) is 0 Å². The summed E-state index contributed by atoms with van der Waals surface area (Å²) in [7, 11) is 2.08. The van der Waals surface area contributed by atoms with E-state index in [1.807, 2.05) is 4.90 Å². The highest BCUT2D eigenvalue weighted by Crippen LogP contribution is 2.06. The molecule has 0 radical (unpaired) electrons. The Morgan fingerprint density at radius 2 is 2.00 bits per heavy atom. The summed E-state index contributed by atoms with van der Waals surface area (Å²) in [5, 5.41) is 9.07. The zero-order valence-electron chi connectivity index (χ0n) is 11.0. The second-order valence-corrected chi connectivity index (χ2v) is 5.09. The number of carbonyl (C=O) groups is 1. The molecule has 0 aromatic heterocycles.